The molecule has 144 valence electrons. The molecule has 1 aliphatic heterocycles. The number of rotatable bonds is 5. The molecule has 2 aromatic carbocycles. The van der Waals surface area contributed by atoms with Crippen molar-refractivity contribution in [3.05, 3.63) is 59.9 Å². The number of methoxy groups -OCH3 is 2. The first-order valence-corrected chi connectivity index (χ1v) is 9.07. The van der Waals surface area contributed by atoms with E-state index in [0.29, 0.717) is 12.1 Å². The van der Waals surface area contributed by atoms with Crippen molar-refractivity contribution < 1.29 is 14.3 Å². The summed E-state index contributed by atoms with van der Waals surface area (Å²) in [4.78, 5) is 15.2. The van der Waals surface area contributed by atoms with E-state index >= 15 is 0 Å². The van der Waals surface area contributed by atoms with Crippen LogP contribution >= 0.6 is 0 Å². The maximum absolute atomic E-state index is 13.3. The van der Waals surface area contributed by atoms with Crippen molar-refractivity contribution in [1.82, 2.24) is 25.1 Å². The average molecular weight is 379 g/mol. The number of aromatic nitrogens is 4. The topological polar surface area (TPSA) is 82.4 Å². The van der Waals surface area contributed by atoms with Crippen molar-refractivity contribution in [3.8, 4) is 17.2 Å². The van der Waals surface area contributed by atoms with Crippen LogP contribution < -0.4 is 9.47 Å². The maximum atomic E-state index is 13.3. The quantitative estimate of drug-likeness (QED) is 0.678. The van der Waals surface area contributed by atoms with Crippen LogP contribution in [0.1, 0.15) is 34.8 Å². The lowest BCUT2D eigenvalue weighted by Crippen LogP contribution is -2.30. The van der Waals surface area contributed by atoms with Crippen molar-refractivity contribution in [2.24, 2.45) is 0 Å². The monoisotopic (exact) mass is 379 g/mol. The molecule has 2 heterocycles. The molecule has 1 aromatic heterocycles. The Morgan fingerprint density at radius 1 is 1.14 bits per heavy atom. The van der Waals surface area contributed by atoms with E-state index in [0.717, 1.165) is 35.6 Å². The minimum atomic E-state index is -0.0370. The molecule has 1 unspecified atom stereocenters. The van der Waals surface area contributed by atoms with E-state index in [4.69, 9.17) is 9.47 Å². The summed E-state index contributed by atoms with van der Waals surface area (Å²) >= 11 is 0. The Balaban J connectivity index is 1.64. The zero-order valence-electron chi connectivity index (χ0n) is 15.8. The highest BCUT2D eigenvalue weighted by molar-refractivity contribution is 5.95. The largest absolute Gasteiger partial charge is 0.497 e. The first-order valence-electron chi connectivity index (χ1n) is 9.07. The molecule has 0 N–H and O–H groups in total. The highest BCUT2D eigenvalue weighted by Gasteiger charge is 2.32. The molecule has 0 spiro atoms. The number of hydrogen-bond donors (Lipinski definition) is 0. The Kier molecular flexibility index (Phi) is 4.92. The summed E-state index contributed by atoms with van der Waals surface area (Å²) in [6, 6.07) is 13.0. The van der Waals surface area contributed by atoms with Gasteiger partial charge in [-0.2, -0.15) is 0 Å². The minimum absolute atomic E-state index is 0.0182. The molecule has 1 atom stereocenters. The van der Waals surface area contributed by atoms with Gasteiger partial charge in [0.15, 0.2) is 0 Å². The number of likely N-dealkylation sites (tertiary alicyclic amines) is 1. The van der Waals surface area contributed by atoms with Crippen molar-refractivity contribution in [1.29, 1.82) is 0 Å². The van der Waals surface area contributed by atoms with Gasteiger partial charge in [0, 0.05) is 23.7 Å². The Hall–Kier alpha value is -3.42. The number of ether oxygens (including phenoxy) is 2. The summed E-state index contributed by atoms with van der Waals surface area (Å²) < 4.78 is 12.4. The van der Waals surface area contributed by atoms with Gasteiger partial charge in [0.25, 0.3) is 5.91 Å². The Bertz CT molecular complexity index is 974. The highest BCUT2D eigenvalue weighted by atomic mass is 16.5. The van der Waals surface area contributed by atoms with Gasteiger partial charge in [0.05, 0.1) is 25.9 Å². The molecule has 0 saturated carbocycles. The van der Waals surface area contributed by atoms with Crippen LogP contribution in [0.4, 0.5) is 0 Å². The third-order valence-electron chi connectivity index (χ3n) is 5.02. The van der Waals surface area contributed by atoms with Gasteiger partial charge in [-0.1, -0.05) is 6.07 Å². The zero-order valence-corrected chi connectivity index (χ0v) is 15.8. The molecule has 28 heavy (non-hydrogen) atoms. The molecule has 1 fully saturated rings. The third-order valence-corrected chi connectivity index (χ3v) is 5.02. The number of carbonyl (C=O) groups excluding carboxylic acids is 1. The molecule has 1 aliphatic rings. The Labute approximate surface area is 162 Å². The molecule has 0 radical (unpaired) electrons. The van der Waals surface area contributed by atoms with Crippen LogP contribution in [0.15, 0.2) is 48.8 Å². The number of amides is 1. The van der Waals surface area contributed by atoms with Crippen molar-refractivity contribution in [2.45, 2.75) is 18.9 Å². The van der Waals surface area contributed by atoms with Crippen LogP contribution in [0, 0.1) is 0 Å². The third kappa shape index (κ3) is 3.28. The second kappa shape index (κ2) is 7.67. The van der Waals surface area contributed by atoms with E-state index in [1.165, 1.54) is 11.0 Å². The van der Waals surface area contributed by atoms with Crippen LogP contribution in [-0.2, 0) is 0 Å². The average Bonchev–Trinajstić information content (AvgIpc) is 3.45. The van der Waals surface area contributed by atoms with Gasteiger partial charge in [-0.25, -0.2) is 4.68 Å². The summed E-state index contributed by atoms with van der Waals surface area (Å²) in [6.45, 7) is 0.702. The lowest BCUT2D eigenvalue weighted by atomic mass is 10.0. The number of carbonyl (C=O) groups is 1. The van der Waals surface area contributed by atoms with Crippen LogP contribution in [-0.4, -0.2) is 51.8 Å². The molecule has 1 saturated heterocycles. The van der Waals surface area contributed by atoms with Crippen molar-refractivity contribution in [2.75, 3.05) is 20.8 Å². The first-order chi connectivity index (χ1) is 13.7. The van der Waals surface area contributed by atoms with Crippen LogP contribution in [0.3, 0.4) is 0 Å². The van der Waals surface area contributed by atoms with Crippen molar-refractivity contribution >= 4 is 5.91 Å². The van der Waals surface area contributed by atoms with Crippen molar-refractivity contribution in [3.63, 3.8) is 0 Å². The molecule has 8 nitrogen and oxygen atoms in total. The predicted molar refractivity (Wildman–Crippen MR) is 102 cm³/mol. The summed E-state index contributed by atoms with van der Waals surface area (Å²) in [6.07, 6.45) is 3.34. The predicted octanol–water partition coefficient (Wildman–Crippen LogP) is 2.66. The zero-order chi connectivity index (χ0) is 19.5. The maximum Gasteiger partial charge on any atom is 0.254 e. The van der Waals surface area contributed by atoms with E-state index in [9.17, 15) is 4.79 Å². The van der Waals surface area contributed by atoms with Gasteiger partial charge in [0.1, 0.15) is 17.8 Å². The number of nitrogens with zero attached hydrogens (tertiary/aromatic N) is 5. The second-order valence-electron chi connectivity index (χ2n) is 6.57. The fourth-order valence-corrected chi connectivity index (χ4v) is 3.65. The van der Waals surface area contributed by atoms with Gasteiger partial charge in [-0.3, -0.25) is 4.79 Å². The molecule has 0 aliphatic carbocycles. The summed E-state index contributed by atoms with van der Waals surface area (Å²) in [5.41, 5.74) is 2.34. The summed E-state index contributed by atoms with van der Waals surface area (Å²) in [5.74, 6) is 1.44. The molecular formula is C20H21N5O3. The molecule has 1 amide bonds. The molecular weight excluding hydrogens is 358 g/mol. The van der Waals surface area contributed by atoms with Crippen LogP contribution in [0.5, 0.6) is 11.5 Å². The normalized spacial score (nSPS) is 16.2. The molecule has 8 heteroatoms. The SMILES string of the molecule is COc1ccc(C2CCCN2C(=O)c2cccc(-n3cnnn3)c2)c(OC)c1. The first kappa shape index (κ1) is 18.0. The molecule has 4 rings (SSSR count). The molecule has 0 bridgehead atoms. The summed E-state index contributed by atoms with van der Waals surface area (Å²) in [7, 11) is 3.26. The van der Waals surface area contributed by atoms with E-state index in [1.54, 1.807) is 20.3 Å². The van der Waals surface area contributed by atoms with E-state index in [2.05, 4.69) is 15.5 Å². The van der Waals surface area contributed by atoms with Crippen LogP contribution in [0.2, 0.25) is 0 Å². The van der Waals surface area contributed by atoms with Gasteiger partial charge < -0.3 is 14.4 Å². The van der Waals surface area contributed by atoms with Gasteiger partial charge >= 0.3 is 0 Å². The minimum Gasteiger partial charge on any atom is -0.497 e. The van der Waals surface area contributed by atoms with E-state index < -0.39 is 0 Å². The summed E-state index contributed by atoms with van der Waals surface area (Å²) in [5, 5.41) is 11.2. The van der Waals surface area contributed by atoms with Gasteiger partial charge in [-0.15, -0.1) is 5.10 Å². The Morgan fingerprint density at radius 3 is 2.79 bits per heavy atom. The Morgan fingerprint density at radius 2 is 2.04 bits per heavy atom. The lowest BCUT2D eigenvalue weighted by Gasteiger charge is -2.27. The number of benzene rings is 2. The highest BCUT2D eigenvalue weighted by Crippen LogP contribution is 2.39. The van der Waals surface area contributed by atoms with E-state index in [-0.39, 0.29) is 11.9 Å². The van der Waals surface area contributed by atoms with Gasteiger partial charge in [-0.05, 0) is 53.6 Å². The fourth-order valence-electron chi connectivity index (χ4n) is 3.65. The van der Waals surface area contributed by atoms with Crippen LogP contribution in [0.25, 0.3) is 5.69 Å². The lowest BCUT2D eigenvalue weighted by molar-refractivity contribution is 0.0734. The van der Waals surface area contributed by atoms with Gasteiger partial charge in [0.2, 0.25) is 0 Å². The number of tetrazole rings is 1. The second-order valence-corrected chi connectivity index (χ2v) is 6.57. The fraction of sp³-hybridized carbons (Fsp3) is 0.300. The van der Waals surface area contributed by atoms with E-state index in [1.807, 2.05) is 41.3 Å². The molecule has 3 aromatic rings. The smallest absolute Gasteiger partial charge is 0.254 e. The number of hydrogen-bond acceptors (Lipinski definition) is 6. The standard InChI is InChI=1S/C20H21N5O3/c1-27-16-8-9-17(19(12-16)28-2)18-7-4-10-24(18)20(26)14-5-3-6-15(11-14)25-13-21-22-23-25/h3,5-6,8-9,11-13,18H,4,7,10H2,1-2H3.